The number of pyridine rings is 1. The number of fused-ring (bicyclic) bond motifs is 1. The zero-order valence-corrected chi connectivity index (χ0v) is 19.8. The van der Waals surface area contributed by atoms with Crippen LogP contribution in [0.25, 0.3) is 10.9 Å². The summed E-state index contributed by atoms with van der Waals surface area (Å²) in [5, 5.41) is 11.1. The van der Waals surface area contributed by atoms with Gasteiger partial charge in [-0.25, -0.2) is 19.0 Å². The van der Waals surface area contributed by atoms with Crippen LogP contribution in [0.3, 0.4) is 0 Å². The van der Waals surface area contributed by atoms with Crippen molar-refractivity contribution in [2.75, 3.05) is 20.8 Å². The first-order chi connectivity index (χ1) is 15.4. The van der Waals surface area contributed by atoms with Gasteiger partial charge in [-0.1, -0.05) is 0 Å². The maximum Gasteiger partial charge on any atom is 0.411 e. The molecule has 0 spiro atoms. The standard InChI is InChI=1S/C24H31FN2O6/c1-13-21(28)20(16-11-15(31-5)7-8-18(16)26-13)17(25)9-14-10-19(22(29)32-6)27(12-14)23(30)33-24(2,3)4/h7-8,11,14,17,19,28H,9-10,12H2,1-6H3/t14-,17+,19-/m0/s1. The number of ether oxygens (including phenoxy) is 3. The van der Waals surface area contributed by atoms with Gasteiger partial charge in [-0.2, -0.15) is 0 Å². The summed E-state index contributed by atoms with van der Waals surface area (Å²) < 4.78 is 31.3. The van der Waals surface area contributed by atoms with E-state index in [9.17, 15) is 14.7 Å². The molecule has 1 aliphatic heterocycles. The van der Waals surface area contributed by atoms with E-state index >= 15 is 4.39 Å². The van der Waals surface area contributed by atoms with Crippen LogP contribution in [0.1, 0.15) is 51.0 Å². The molecule has 2 heterocycles. The molecule has 180 valence electrons. The lowest BCUT2D eigenvalue weighted by molar-refractivity contribution is -0.145. The molecule has 1 saturated heterocycles. The van der Waals surface area contributed by atoms with Crippen molar-refractivity contribution in [1.29, 1.82) is 0 Å². The number of rotatable bonds is 5. The highest BCUT2D eigenvalue weighted by Gasteiger charge is 2.43. The minimum absolute atomic E-state index is 0.00385. The molecule has 1 fully saturated rings. The van der Waals surface area contributed by atoms with Crippen molar-refractivity contribution < 1.29 is 33.3 Å². The van der Waals surface area contributed by atoms with Crippen LogP contribution < -0.4 is 4.74 Å². The van der Waals surface area contributed by atoms with Crippen LogP contribution in [0, 0.1) is 12.8 Å². The third-order valence-electron chi connectivity index (χ3n) is 5.72. The van der Waals surface area contributed by atoms with E-state index in [-0.39, 0.29) is 36.6 Å². The van der Waals surface area contributed by atoms with Crippen molar-refractivity contribution in [2.24, 2.45) is 5.92 Å². The summed E-state index contributed by atoms with van der Waals surface area (Å²) in [6, 6.07) is 4.22. The highest BCUT2D eigenvalue weighted by atomic mass is 19.1. The number of carbonyl (C=O) groups excluding carboxylic acids is 2. The molecule has 1 N–H and O–H groups in total. The fraction of sp³-hybridized carbons (Fsp3) is 0.542. The highest BCUT2D eigenvalue weighted by molar-refractivity contribution is 5.86. The Hall–Kier alpha value is -3.10. The molecular weight excluding hydrogens is 431 g/mol. The smallest absolute Gasteiger partial charge is 0.411 e. The number of hydrogen-bond donors (Lipinski definition) is 1. The third-order valence-corrected chi connectivity index (χ3v) is 5.72. The van der Waals surface area contributed by atoms with Crippen LogP contribution in [0.5, 0.6) is 11.5 Å². The number of nitrogens with zero attached hydrogens (tertiary/aromatic N) is 2. The van der Waals surface area contributed by atoms with Gasteiger partial charge < -0.3 is 19.3 Å². The quantitative estimate of drug-likeness (QED) is 0.655. The van der Waals surface area contributed by atoms with Crippen LogP contribution in [-0.2, 0) is 14.3 Å². The predicted octanol–water partition coefficient (Wildman–Crippen LogP) is 4.46. The van der Waals surface area contributed by atoms with E-state index in [4.69, 9.17) is 14.2 Å². The van der Waals surface area contributed by atoms with Crippen molar-refractivity contribution in [3.8, 4) is 11.5 Å². The first-order valence-electron chi connectivity index (χ1n) is 10.8. The number of carbonyl (C=O) groups is 2. The number of likely N-dealkylation sites (tertiary alicyclic amines) is 1. The van der Waals surface area contributed by atoms with E-state index in [1.165, 1.54) is 19.1 Å². The Morgan fingerprint density at radius 2 is 2.00 bits per heavy atom. The summed E-state index contributed by atoms with van der Waals surface area (Å²) >= 11 is 0. The number of halogens is 1. The Labute approximate surface area is 192 Å². The second-order valence-corrected chi connectivity index (χ2v) is 9.32. The molecule has 1 aromatic carbocycles. The van der Waals surface area contributed by atoms with Crippen LogP contribution in [0.4, 0.5) is 9.18 Å². The Bertz CT molecular complexity index is 1050. The van der Waals surface area contributed by atoms with Gasteiger partial charge in [-0.05, 0) is 64.7 Å². The zero-order chi connectivity index (χ0) is 24.5. The molecule has 0 saturated carbocycles. The topological polar surface area (TPSA) is 98.2 Å². The van der Waals surface area contributed by atoms with E-state index in [0.717, 1.165) is 0 Å². The van der Waals surface area contributed by atoms with Gasteiger partial charge in [0.2, 0.25) is 0 Å². The van der Waals surface area contributed by atoms with Crippen LogP contribution >= 0.6 is 0 Å². The van der Waals surface area contributed by atoms with E-state index in [2.05, 4.69) is 4.98 Å². The van der Waals surface area contributed by atoms with Gasteiger partial charge in [-0.15, -0.1) is 0 Å². The molecule has 1 amide bonds. The number of alkyl halides is 1. The van der Waals surface area contributed by atoms with Crippen molar-refractivity contribution >= 4 is 23.0 Å². The van der Waals surface area contributed by atoms with E-state index in [1.807, 2.05) is 0 Å². The number of aryl methyl sites for hydroxylation is 1. The lowest BCUT2D eigenvalue weighted by atomic mass is 9.92. The molecule has 2 aromatic rings. The second-order valence-electron chi connectivity index (χ2n) is 9.32. The summed E-state index contributed by atoms with van der Waals surface area (Å²) in [7, 11) is 2.75. The van der Waals surface area contributed by atoms with Gasteiger partial charge in [-0.3, -0.25) is 4.90 Å². The summed E-state index contributed by atoms with van der Waals surface area (Å²) in [4.78, 5) is 30.6. The van der Waals surface area contributed by atoms with E-state index in [0.29, 0.717) is 22.3 Å². The van der Waals surface area contributed by atoms with Crippen LogP contribution in [-0.4, -0.2) is 59.5 Å². The number of methoxy groups -OCH3 is 2. The summed E-state index contributed by atoms with van der Waals surface area (Å²) in [5.74, 6) is -0.611. The first-order valence-corrected chi connectivity index (χ1v) is 10.8. The number of hydrogen-bond acceptors (Lipinski definition) is 7. The molecule has 0 unspecified atom stereocenters. The molecule has 1 aromatic heterocycles. The zero-order valence-electron chi connectivity index (χ0n) is 19.8. The van der Waals surface area contributed by atoms with Gasteiger partial charge in [0.15, 0.2) is 0 Å². The minimum atomic E-state index is -1.55. The molecule has 0 bridgehead atoms. The molecule has 3 atom stereocenters. The lowest BCUT2D eigenvalue weighted by Crippen LogP contribution is -2.43. The Kier molecular flexibility index (Phi) is 7.00. The average Bonchev–Trinajstić information content (AvgIpc) is 3.16. The average molecular weight is 463 g/mol. The number of esters is 1. The second kappa shape index (κ2) is 9.41. The molecule has 8 nitrogen and oxygen atoms in total. The minimum Gasteiger partial charge on any atom is -0.506 e. The molecule has 0 aliphatic carbocycles. The predicted molar refractivity (Wildman–Crippen MR) is 120 cm³/mol. The third kappa shape index (κ3) is 5.29. The molecule has 0 radical (unpaired) electrons. The van der Waals surface area contributed by atoms with Gasteiger partial charge in [0.05, 0.1) is 25.4 Å². The Morgan fingerprint density at radius 1 is 1.30 bits per heavy atom. The summed E-state index contributed by atoms with van der Waals surface area (Å²) in [6.45, 7) is 6.95. The fourth-order valence-corrected chi connectivity index (χ4v) is 4.21. The van der Waals surface area contributed by atoms with Crippen molar-refractivity contribution in [1.82, 2.24) is 9.88 Å². The van der Waals surface area contributed by atoms with E-state index in [1.54, 1.807) is 45.9 Å². The Morgan fingerprint density at radius 3 is 2.61 bits per heavy atom. The molecular formula is C24H31FN2O6. The number of benzene rings is 1. The monoisotopic (exact) mass is 462 g/mol. The number of aromatic nitrogens is 1. The van der Waals surface area contributed by atoms with Gasteiger partial charge in [0, 0.05) is 17.5 Å². The Balaban J connectivity index is 1.89. The molecule has 3 rings (SSSR count). The van der Waals surface area contributed by atoms with Crippen LogP contribution in [0.2, 0.25) is 0 Å². The molecule has 1 aliphatic rings. The summed E-state index contributed by atoms with van der Waals surface area (Å²) in [5.41, 5.74) is 0.246. The van der Waals surface area contributed by atoms with Gasteiger partial charge in [0.1, 0.15) is 29.3 Å². The van der Waals surface area contributed by atoms with Gasteiger partial charge >= 0.3 is 12.1 Å². The lowest BCUT2D eigenvalue weighted by Gasteiger charge is -2.27. The maximum absolute atomic E-state index is 15.7. The fourth-order valence-electron chi connectivity index (χ4n) is 4.21. The SMILES string of the molecule is COC(=O)[C@@H]1C[C@H](C[C@@H](F)c2c(O)c(C)nc3ccc(OC)cc23)CN1C(=O)OC(C)(C)C. The molecule has 33 heavy (non-hydrogen) atoms. The van der Waals surface area contributed by atoms with Crippen LogP contribution in [0.15, 0.2) is 18.2 Å². The first kappa shape index (κ1) is 24.5. The van der Waals surface area contributed by atoms with Gasteiger partial charge in [0.25, 0.3) is 0 Å². The van der Waals surface area contributed by atoms with Crippen molar-refractivity contribution in [3.05, 3.63) is 29.5 Å². The normalized spacial score (nSPS) is 19.4. The van der Waals surface area contributed by atoms with E-state index < -0.39 is 29.9 Å². The number of aromatic hydroxyl groups is 1. The molecule has 9 heteroatoms. The highest BCUT2D eigenvalue weighted by Crippen LogP contribution is 2.41. The summed E-state index contributed by atoms with van der Waals surface area (Å²) in [6.07, 6.45) is -1.97. The largest absolute Gasteiger partial charge is 0.506 e. The number of amides is 1. The van der Waals surface area contributed by atoms with Crippen molar-refractivity contribution in [3.63, 3.8) is 0 Å². The maximum atomic E-state index is 15.7. The van der Waals surface area contributed by atoms with Crippen molar-refractivity contribution in [2.45, 2.75) is 58.4 Å².